The summed E-state index contributed by atoms with van der Waals surface area (Å²) >= 11 is 3.06. The number of rotatable bonds is 10. The van der Waals surface area contributed by atoms with E-state index in [9.17, 15) is 23.1 Å². The SMILES string of the molecule is O=C(NC[C@H](NS(=O)(=O)c1ccccc1)C(=O)O)c1cc2cc(CCC3CCNCC3)sc2s1. The number of carbonyl (C=O) groups excluding carboxylic acids is 1. The first-order valence-electron chi connectivity index (χ1n) is 11.1. The molecule has 0 radical (unpaired) electrons. The standard InChI is InChI=1S/C23H27N3O5S3/c27-21(25-14-19(22(28)29)26-34(30,31)18-4-2-1-3-5-18)20-13-16-12-17(32-23(16)33-20)7-6-15-8-10-24-11-9-15/h1-5,12-13,15,19,24,26H,6-11,14H2,(H,25,27)(H,28,29)/t19-/m0/s1. The summed E-state index contributed by atoms with van der Waals surface area (Å²) in [6.45, 7) is 1.82. The molecule has 1 aliphatic heterocycles. The van der Waals surface area contributed by atoms with Crippen molar-refractivity contribution >= 4 is 54.0 Å². The molecule has 4 N–H and O–H groups in total. The molecule has 0 saturated carbocycles. The van der Waals surface area contributed by atoms with Gasteiger partial charge >= 0.3 is 5.97 Å². The number of sulfonamides is 1. The monoisotopic (exact) mass is 521 g/mol. The van der Waals surface area contributed by atoms with Crippen LogP contribution in [0.1, 0.15) is 33.8 Å². The summed E-state index contributed by atoms with van der Waals surface area (Å²) in [7, 11) is -4.03. The van der Waals surface area contributed by atoms with Crippen LogP contribution in [0.2, 0.25) is 0 Å². The minimum Gasteiger partial charge on any atom is -0.480 e. The molecule has 0 spiro atoms. The van der Waals surface area contributed by atoms with Crippen molar-refractivity contribution in [3.63, 3.8) is 0 Å². The summed E-state index contributed by atoms with van der Waals surface area (Å²) in [6.07, 6.45) is 4.67. The molecule has 11 heteroatoms. The summed E-state index contributed by atoms with van der Waals surface area (Å²) in [5.74, 6) is -1.02. The van der Waals surface area contributed by atoms with Crippen LogP contribution in [-0.4, -0.2) is 51.1 Å². The van der Waals surface area contributed by atoms with Gasteiger partial charge in [-0.15, -0.1) is 22.7 Å². The lowest BCUT2D eigenvalue weighted by molar-refractivity contribution is -0.138. The zero-order chi connectivity index (χ0) is 24.1. The van der Waals surface area contributed by atoms with Crippen LogP contribution in [0.15, 0.2) is 47.4 Å². The Morgan fingerprint density at radius 2 is 1.85 bits per heavy atom. The Morgan fingerprint density at radius 1 is 1.12 bits per heavy atom. The Labute approximate surface area is 206 Å². The number of hydrogen-bond donors (Lipinski definition) is 4. The van der Waals surface area contributed by atoms with E-state index in [1.54, 1.807) is 29.5 Å². The van der Waals surface area contributed by atoms with Crippen LogP contribution < -0.4 is 15.4 Å². The van der Waals surface area contributed by atoms with Crippen molar-refractivity contribution in [3.8, 4) is 0 Å². The van der Waals surface area contributed by atoms with Crippen molar-refractivity contribution in [1.82, 2.24) is 15.4 Å². The molecule has 3 aromatic rings. The Morgan fingerprint density at radius 3 is 2.53 bits per heavy atom. The van der Waals surface area contributed by atoms with E-state index < -0.39 is 27.9 Å². The number of thiophene rings is 2. The number of carboxylic acid groups (broad SMARTS) is 1. The highest BCUT2D eigenvalue weighted by atomic mass is 32.2. The van der Waals surface area contributed by atoms with Crippen molar-refractivity contribution in [2.45, 2.75) is 36.6 Å². The molecule has 1 aliphatic rings. The second-order valence-electron chi connectivity index (χ2n) is 8.33. The van der Waals surface area contributed by atoms with E-state index in [4.69, 9.17) is 0 Å². The van der Waals surface area contributed by atoms with E-state index in [1.807, 2.05) is 6.07 Å². The average Bonchev–Trinajstić information content (AvgIpc) is 3.40. The second-order valence-corrected chi connectivity index (χ2v) is 12.5. The largest absolute Gasteiger partial charge is 0.480 e. The van der Waals surface area contributed by atoms with Crippen LogP contribution in [0.4, 0.5) is 0 Å². The highest BCUT2D eigenvalue weighted by molar-refractivity contribution is 7.89. The van der Waals surface area contributed by atoms with Crippen molar-refractivity contribution in [2.75, 3.05) is 19.6 Å². The first kappa shape index (κ1) is 24.8. The van der Waals surface area contributed by atoms with Crippen LogP contribution >= 0.6 is 22.7 Å². The van der Waals surface area contributed by atoms with Gasteiger partial charge in [-0.25, -0.2) is 8.42 Å². The molecule has 4 rings (SSSR count). The number of aliphatic carboxylic acids is 1. The fraction of sp³-hybridized carbons (Fsp3) is 0.391. The highest BCUT2D eigenvalue weighted by Crippen LogP contribution is 2.35. The van der Waals surface area contributed by atoms with Gasteiger partial charge in [0.1, 0.15) is 6.04 Å². The quantitative estimate of drug-likeness (QED) is 0.325. The Hall–Kier alpha value is -2.31. The summed E-state index contributed by atoms with van der Waals surface area (Å²) in [4.78, 5) is 26.0. The van der Waals surface area contributed by atoms with Gasteiger partial charge in [0.25, 0.3) is 5.91 Å². The number of piperidine rings is 1. The fourth-order valence-electron chi connectivity index (χ4n) is 3.96. The maximum Gasteiger partial charge on any atom is 0.323 e. The van der Waals surface area contributed by atoms with E-state index in [2.05, 4.69) is 21.4 Å². The number of benzene rings is 1. The lowest BCUT2D eigenvalue weighted by Crippen LogP contribution is -2.48. The molecule has 0 bridgehead atoms. The third-order valence-electron chi connectivity index (χ3n) is 5.86. The number of fused-ring (bicyclic) bond motifs is 1. The number of amides is 1. The molecular weight excluding hydrogens is 494 g/mol. The molecule has 8 nitrogen and oxygen atoms in total. The minimum atomic E-state index is -4.03. The zero-order valence-electron chi connectivity index (χ0n) is 18.5. The molecule has 0 unspecified atom stereocenters. The molecule has 3 heterocycles. The van der Waals surface area contributed by atoms with Crippen LogP contribution in [0.25, 0.3) is 9.40 Å². The molecule has 2 aromatic heterocycles. The average molecular weight is 522 g/mol. The number of hydrogen-bond acceptors (Lipinski definition) is 7. The summed E-state index contributed by atoms with van der Waals surface area (Å²) in [5, 5.41) is 16.4. The molecule has 1 aromatic carbocycles. The second kappa shape index (κ2) is 11.0. The molecule has 182 valence electrons. The highest BCUT2D eigenvalue weighted by Gasteiger charge is 2.26. The number of aryl methyl sites for hydroxylation is 1. The van der Waals surface area contributed by atoms with E-state index in [0.717, 1.165) is 34.8 Å². The van der Waals surface area contributed by atoms with Gasteiger partial charge in [0.15, 0.2) is 0 Å². The van der Waals surface area contributed by atoms with Gasteiger partial charge < -0.3 is 15.7 Å². The van der Waals surface area contributed by atoms with Crippen molar-refractivity contribution in [1.29, 1.82) is 0 Å². The number of nitrogens with one attached hydrogen (secondary N) is 3. The third-order valence-corrected chi connectivity index (χ3v) is 9.80. The van der Waals surface area contributed by atoms with Crippen molar-refractivity contribution < 1.29 is 23.1 Å². The van der Waals surface area contributed by atoms with E-state index >= 15 is 0 Å². The maximum atomic E-state index is 12.6. The molecule has 34 heavy (non-hydrogen) atoms. The number of carboxylic acids is 1. The predicted molar refractivity (Wildman–Crippen MR) is 134 cm³/mol. The first-order chi connectivity index (χ1) is 16.3. The number of carbonyl (C=O) groups is 2. The topological polar surface area (TPSA) is 125 Å². The molecule has 1 saturated heterocycles. The minimum absolute atomic E-state index is 0.0398. The zero-order valence-corrected chi connectivity index (χ0v) is 20.9. The van der Waals surface area contributed by atoms with Crippen LogP contribution in [-0.2, 0) is 21.2 Å². The van der Waals surface area contributed by atoms with E-state index in [-0.39, 0.29) is 11.4 Å². The molecule has 1 atom stereocenters. The maximum absolute atomic E-state index is 12.6. The van der Waals surface area contributed by atoms with Gasteiger partial charge in [-0.3, -0.25) is 9.59 Å². The molecule has 1 amide bonds. The molecule has 0 aliphatic carbocycles. The van der Waals surface area contributed by atoms with Crippen molar-refractivity contribution in [3.05, 3.63) is 52.2 Å². The lowest BCUT2D eigenvalue weighted by Gasteiger charge is -2.22. The Bertz CT molecular complexity index is 1220. The summed E-state index contributed by atoms with van der Waals surface area (Å²) in [5.41, 5.74) is 0. The van der Waals surface area contributed by atoms with Crippen LogP contribution in [0, 0.1) is 5.92 Å². The summed E-state index contributed by atoms with van der Waals surface area (Å²) < 4.78 is 28.1. The van der Waals surface area contributed by atoms with Gasteiger partial charge in [0.2, 0.25) is 10.0 Å². The molecule has 1 fully saturated rings. The van der Waals surface area contributed by atoms with Gasteiger partial charge in [0.05, 0.1) is 13.8 Å². The Kier molecular flexibility index (Phi) is 7.99. The fourth-order valence-corrected chi connectivity index (χ4v) is 7.59. The molecular formula is C23H27N3O5S3. The van der Waals surface area contributed by atoms with Gasteiger partial charge in [-0.1, -0.05) is 18.2 Å². The smallest absolute Gasteiger partial charge is 0.323 e. The van der Waals surface area contributed by atoms with E-state index in [1.165, 1.54) is 47.6 Å². The van der Waals surface area contributed by atoms with Crippen LogP contribution in [0.3, 0.4) is 0 Å². The predicted octanol–water partition coefficient (Wildman–Crippen LogP) is 3.06. The third kappa shape index (κ3) is 6.22. The van der Waals surface area contributed by atoms with Crippen LogP contribution in [0.5, 0.6) is 0 Å². The normalized spacial score (nSPS) is 15.9. The van der Waals surface area contributed by atoms with Gasteiger partial charge in [-0.2, -0.15) is 4.72 Å². The van der Waals surface area contributed by atoms with Crippen molar-refractivity contribution in [2.24, 2.45) is 5.92 Å². The Balaban J connectivity index is 1.34. The van der Waals surface area contributed by atoms with E-state index in [0.29, 0.717) is 4.88 Å². The van der Waals surface area contributed by atoms with Gasteiger partial charge in [0, 0.05) is 16.8 Å². The lowest BCUT2D eigenvalue weighted by atomic mass is 9.93. The first-order valence-corrected chi connectivity index (χ1v) is 14.2. The summed E-state index contributed by atoms with van der Waals surface area (Å²) in [6, 6.07) is 9.96. The van der Waals surface area contributed by atoms with Gasteiger partial charge in [-0.05, 0) is 69.0 Å².